The zero-order chi connectivity index (χ0) is 58.5. The van der Waals surface area contributed by atoms with Gasteiger partial charge in [0.1, 0.15) is 13.2 Å². The standard InChI is InChI=1S/C75H132O6/c1-4-7-10-13-16-19-22-25-28-31-34-35-36-37-38-39-42-44-47-50-53-56-59-62-65-68-74(77)80-71-72(81-75(78)69-66-63-60-57-54-51-48-45-41-33-30-27-24-21-18-15-12-9-6-3)70-79-73(76)67-64-61-58-55-52-49-46-43-40-32-29-26-23-20-17-14-11-8-5-2/h9,12,18,21-22,25,27,30-31,34,41,45,51,54,72H,4-8,10-11,13-17,19-20,23-24,26,28-29,32-33,35-40,42-44,46-50,52-53,55-71H2,1-3H3/b12-9-,21-18-,25-22-,30-27-,34-31-,45-41-,54-51-. The molecule has 0 saturated carbocycles. The highest BCUT2D eigenvalue weighted by Crippen LogP contribution is 2.18. The third-order valence-corrected chi connectivity index (χ3v) is 15.4. The Morgan fingerprint density at radius 3 is 0.765 bits per heavy atom. The van der Waals surface area contributed by atoms with E-state index in [1.807, 2.05) is 0 Å². The molecule has 0 N–H and O–H groups in total. The first-order valence-corrected chi connectivity index (χ1v) is 35.1. The minimum atomic E-state index is -0.795. The van der Waals surface area contributed by atoms with Gasteiger partial charge in [-0.25, -0.2) is 0 Å². The average Bonchev–Trinajstić information content (AvgIpc) is 3.47. The lowest BCUT2D eigenvalue weighted by Gasteiger charge is -2.18. The van der Waals surface area contributed by atoms with Crippen LogP contribution in [-0.2, 0) is 28.6 Å². The molecule has 6 heteroatoms. The molecule has 0 saturated heterocycles. The monoisotopic (exact) mass is 1130 g/mol. The Hall–Kier alpha value is -3.41. The zero-order valence-electron chi connectivity index (χ0n) is 53.8. The summed E-state index contributed by atoms with van der Waals surface area (Å²) >= 11 is 0. The van der Waals surface area contributed by atoms with E-state index in [-0.39, 0.29) is 31.1 Å². The molecule has 0 fully saturated rings. The highest BCUT2D eigenvalue weighted by Gasteiger charge is 2.19. The van der Waals surface area contributed by atoms with Crippen molar-refractivity contribution in [3.63, 3.8) is 0 Å². The molecule has 81 heavy (non-hydrogen) atoms. The van der Waals surface area contributed by atoms with Gasteiger partial charge in [-0.2, -0.15) is 0 Å². The molecule has 0 amide bonds. The van der Waals surface area contributed by atoms with Crippen LogP contribution in [0.4, 0.5) is 0 Å². The van der Waals surface area contributed by atoms with Crippen LogP contribution >= 0.6 is 0 Å². The van der Waals surface area contributed by atoms with Crippen LogP contribution in [0.15, 0.2) is 85.1 Å². The summed E-state index contributed by atoms with van der Waals surface area (Å²) in [5.41, 5.74) is 0. The molecule has 0 radical (unpaired) electrons. The molecule has 0 aliphatic rings. The van der Waals surface area contributed by atoms with Gasteiger partial charge in [0, 0.05) is 19.3 Å². The van der Waals surface area contributed by atoms with Gasteiger partial charge < -0.3 is 14.2 Å². The summed E-state index contributed by atoms with van der Waals surface area (Å²) in [5, 5.41) is 0. The van der Waals surface area contributed by atoms with Gasteiger partial charge >= 0.3 is 17.9 Å². The molecule has 0 aromatic carbocycles. The molecule has 0 heterocycles. The Labute approximate surface area is 503 Å². The van der Waals surface area contributed by atoms with Gasteiger partial charge in [0.2, 0.25) is 0 Å². The number of hydrogen-bond donors (Lipinski definition) is 0. The third kappa shape index (κ3) is 67.3. The molecule has 1 unspecified atom stereocenters. The van der Waals surface area contributed by atoms with Gasteiger partial charge in [-0.05, 0) is 96.3 Å². The fraction of sp³-hybridized carbons (Fsp3) is 0.773. The summed E-state index contributed by atoms with van der Waals surface area (Å²) in [4.78, 5) is 38.5. The minimum Gasteiger partial charge on any atom is -0.462 e. The second-order valence-corrected chi connectivity index (χ2v) is 23.4. The maximum absolute atomic E-state index is 12.9. The molecule has 0 rings (SSSR count). The van der Waals surface area contributed by atoms with E-state index in [4.69, 9.17) is 14.2 Å². The van der Waals surface area contributed by atoms with Crippen molar-refractivity contribution < 1.29 is 28.6 Å². The van der Waals surface area contributed by atoms with E-state index >= 15 is 0 Å². The maximum Gasteiger partial charge on any atom is 0.306 e. The normalized spacial score (nSPS) is 12.6. The molecule has 6 nitrogen and oxygen atoms in total. The lowest BCUT2D eigenvalue weighted by molar-refractivity contribution is -0.167. The van der Waals surface area contributed by atoms with Crippen LogP contribution in [0.25, 0.3) is 0 Å². The van der Waals surface area contributed by atoms with E-state index in [1.165, 1.54) is 212 Å². The van der Waals surface area contributed by atoms with E-state index in [1.54, 1.807) is 0 Å². The first-order valence-electron chi connectivity index (χ1n) is 35.1. The molecule has 0 bridgehead atoms. The van der Waals surface area contributed by atoms with Crippen LogP contribution in [0, 0.1) is 0 Å². The lowest BCUT2D eigenvalue weighted by Crippen LogP contribution is -2.30. The minimum absolute atomic E-state index is 0.0866. The van der Waals surface area contributed by atoms with Gasteiger partial charge in [-0.1, -0.05) is 324 Å². The first kappa shape index (κ1) is 77.6. The van der Waals surface area contributed by atoms with Gasteiger partial charge in [-0.3, -0.25) is 14.4 Å². The summed E-state index contributed by atoms with van der Waals surface area (Å²) in [6, 6.07) is 0. The molecule has 1 atom stereocenters. The Morgan fingerprint density at radius 1 is 0.259 bits per heavy atom. The van der Waals surface area contributed by atoms with Crippen molar-refractivity contribution in [2.45, 2.75) is 361 Å². The lowest BCUT2D eigenvalue weighted by atomic mass is 10.0. The molecule has 0 aromatic rings. The van der Waals surface area contributed by atoms with E-state index in [0.717, 1.165) is 103 Å². The topological polar surface area (TPSA) is 78.9 Å². The van der Waals surface area contributed by atoms with E-state index in [0.29, 0.717) is 19.3 Å². The summed E-state index contributed by atoms with van der Waals surface area (Å²) < 4.78 is 17.0. The number of hydrogen-bond acceptors (Lipinski definition) is 6. The Kier molecular flexibility index (Phi) is 66.2. The van der Waals surface area contributed by atoms with E-state index in [9.17, 15) is 14.4 Å². The SMILES string of the molecule is CC/C=C\C/C=C\C/C=C\C/C=C\C/C=C\CCCCCC(=O)OC(COC(=O)CCCCCCCCCCCCCCC/C=C\C/C=C\CCCCCCC)COC(=O)CCCCCCCCCCCCCCCCCCCCC. The van der Waals surface area contributed by atoms with Crippen LogP contribution in [-0.4, -0.2) is 37.2 Å². The molecule has 0 aliphatic carbocycles. The highest BCUT2D eigenvalue weighted by atomic mass is 16.6. The van der Waals surface area contributed by atoms with E-state index < -0.39 is 6.10 Å². The van der Waals surface area contributed by atoms with Crippen LogP contribution < -0.4 is 0 Å². The van der Waals surface area contributed by atoms with Gasteiger partial charge in [0.25, 0.3) is 0 Å². The average molecular weight is 1130 g/mol. The van der Waals surface area contributed by atoms with Crippen molar-refractivity contribution >= 4 is 17.9 Å². The number of rotatable bonds is 64. The predicted octanol–water partition coefficient (Wildman–Crippen LogP) is 24.2. The summed E-state index contributed by atoms with van der Waals surface area (Å²) in [6.45, 7) is 6.54. The Bertz CT molecular complexity index is 1530. The van der Waals surface area contributed by atoms with Crippen molar-refractivity contribution in [2.24, 2.45) is 0 Å². The van der Waals surface area contributed by atoms with Crippen molar-refractivity contribution in [3.8, 4) is 0 Å². The van der Waals surface area contributed by atoms with Gasteiger partial charge in [0.15, 0.2) is 6.10 Å². The second kappa shape index (κ2) is 69.1. The number of unbranched alkanes of at least 4 members (excludes halogenated alkanes) is 39. The largest absolute Gasteiger partial charge is 0.462 e. The van der Waals surface area contributed by atoms with Crippen LogP contribution in [0.2, 0.25) is 0 Å². The Balaban J connectivity index is 4.37. The van der Waals surface area contributed by atoms with Gasteiger partial charge in [-0.15, -0.1) is 0 Å². The number of esters is 3. The zero-order valence-corrected chi connectivity index (χ0v) is 53.8. The Morgan fingerprint density at radius 2 is 0.481 bits per heavy atom. The third-order valence-electron chi connectivity index (χ3n) is 15.4. The maximum atomic E-state index is 12.9. The fourth-order valence-corrected chi connectivity index (χ4v) is 10.2. The second-order valence-electron chi connectivity index (χ2n) is 23.4. The van der Waals surface area contributed by atoms with Crippen molar-refractivity contribution in [1.29, 1.82) is 0 Å². The van der Waals surface area contributed by atoms with E-state index in [2.05, 4.69) is 106 Å². The summed E-state index contributed by atoms with van der Waals surface area (Å²) in [7, 11) is 0. The van der Waals surface area contributed by atoms with Crippen molar-refractivity contribution in [2.75, 3.05) is 13.2 Å². The van der Waals surface area contributed by atoms with Crippen molar-refractivity contribution in [1.82, 2.24) is 0 Å². The summed E-state index contributed by atoms with van der Waals surface area (Å²) in [6.07, 6.45) is 91.7. The quantitative estimate of drug-likeness (QED) is 0.0261. The number of allylic oxidation sites excluding steroid dienone is 14. The predicted molar refractivity (Wildman–Crippen MR) is 353 cm³/mol. The molecule has 0 aliphatic heterocycles. The number of ether oxygens (including phenoxy) is 3. The highest BCUT2D eigenvalue weighted by molar-refractivity contribution is 5.71. The molecule has 0 spiro atoms. The smallest absolute Gasteiger partial charge is 0.306 e. The summed E-state index contributed by atoms with van der Waals surface area (Å²) in [5.74, 6) is -0.900. The van der Waals surface area contributed by atoms with Crippen LogP contribution in [0.5, 0.6) is 0 Å². The van der Waals surface area contributed by atoms with Crippen LogP contribution in [0.1, 0.15) is 355 Å². The van der Waals surface area contributed by atoms with Crippen molar-refractivity contribution in [3.05, 3.63) is 85.1 Å². The first-order chi connectivity index (χ1) is 40.0. The molecule has 468 valence electrons. The fourth-order valence-electron chi connectivity index (χ4n) is 10.2. The number of carbonyl (C=O) groups is 3. The number of carbonyl (C=O) groups excluding carboxylic acids is 3. The van der Waals surface area contributed by atoms with Crippen LogP contribution in [0.3, 0.4) is 0 Å². The molecule has 0 aromatic heterocycles. The molecular formula is C75H132O6. The molecular weight excluding hydrogens is 997 g/mol. The van der Waals surface area contributed by atoms with Gasteiger partial charge in [0.05, 0.1) is 0 Å².